The summed E-state index contributed by atoms with van der Waals surface area (Å²) in [6, 6.07) is 29.3. The Bertz CT molecular complexity index is 1230. The van der Waals surface area contributed by atoms with Crippen molar-refractivity contribution in [1.82, 2.24) is 0 Å². The second-order valence-corrected chi connectivity index (χ2v) is 9.36. The predicted molar refractivity (Wildman–Crippen MR) is 145 cm³/mol. The summed E-state index contributed by atoms with van der Waals surface area (Å²) in [5.74, 6) is -0.452. The second kappa shape index (κ2) is 14.3. The minimum Gasteiger partial charge on any atom is -0.490 e. The summed E-state index contributed by atoms with van der Waals surface area (Å²) in [4.78, 5) is 24.2. The lowest BCUT2D eigenvalue weighted by Crippen LogP contribution is -2.49. The van der Waals surface area contributed by atoms with E-state index in [4.69, 9.17) is 23.7 Å². The molecule has 39 heavy (non-hydrogen) atoms. The Morgan fingerprint density at radius 3 is 1.72 bits per heavy atom. The Labute approximate surface area is 229 Å². The first-order valence-corrected chi connectivity index (χ1v) is 13.0. The maximum Gasteiger partial charge on any atom is 0.303 e. The van der Waals surface area contributed by atoms with Crippen LogP contribution in [0.2, 0.25) is 0 Å². The van der Waals surface area contributed by atoms with Gasteiger partial charge in [0.15, 0.2) is 12.2 Å². The van der Waals surface area contributed by atoms with Crippen LogP contribution in [0.15, 0.2) is 102 Å². The van der Waals surface area contributed by atoms with Gasteiger partial charge in [-0.1, -0.05) is 91.0 Å². The number of esters is 2. The molecule has 0 saturated heterocycles. The minimum atomic E-state index is -0.890. The molecule has 4 rings (SSSR count). The van der Waals surface area contributed by atoms with Crippen molar-refractivity contribution in [3.05, 3.63) is 119 Å². The van der Waals surface area contributed by atoms with Crippen molar-refractivity contribution in [2.24, 2.45) is 0 Å². The molecule has 0 amide bonds. The van der Waals surface area contributed by atoms with Crippen LogP contribution in [0.3, 0.4) is 0 Å². The predicted octanol–water partition coefficient (Wildman–Crippen LogP) is 5.53. The molecule has 0 radical (unpaired) electrons. The zero-order valence-electron chi connectivity index (χ0n) is 22.3. The van der Waals surface area contributed by atoms with Crippen molar-refractivity contribution in [2.45, 2.75) is 58.4 Å². The molecular formula is C32H34O7. The zero-order chi connectivity index (χ0) is 27.5. The highest BCUT2D eigenvalue weighted by molar-refractivity contribution is 5.67. The largest absolute Gasteiger partial charge is 0.490 e. The number of benzene rings is 3. The number of carbonyl (C=O) groups excluding carboxylic acids is 2. The Kier molecular flexibility index (Phi) is 10.3. The van der Waals surface area contributed by atoms with Crippen LogP contribution in [0, 0.1) is 0 Å². The summed E-state index contributed by atoms with van der Waals surface area (Å²) in [5.41, 5.74) is 3.74. The Morgan fingerprint density at radius 2 is 1.18 bits per heavy atom. The number of rotatable bonds is 12. The molecule has 3 aromatic rings. The van der Waals surface area contributed by atoms with E-state index >= 15 is 0 Å². The number of carbonyl (C=O) groups is 2. The Hall–Kier alpha value is -3.94. The highest BCUT2D eigenvalue weighted by atomic mass is 16.6. The third-order valence-electron chi connectivity index (χ3n) is 6.24. The highest BCUT2D eigenvalue weighted by Crippen LogP contribution is 2.34. The summed E-state index contributed by atoms with van der Waals surface area (Å²) in [6.45, 7) is 3.82. The molecule has 204 valence electrons. The van der Waals surface area contributed by atoms with Crippen molar-refractivity contribution < 1.29 is 33.3 Å². The molecule has 1 aliphatic rings. The average Bonchev–Trinajstić information content (AvgIpc) is 2.94. The van der Waals surface area contributed by atoms with Gasteiger partial charge in [-0.3, -0.25) is 9.59 Å². The third-order valence-corrected chi connectivity index (χ3v) is 6.24. The fourth-order valence-electron chi connectivity index (χ4n) is 4.50. The smallest absolute Gasteiger partial charge is 0.303 e. The molecule has 3 atom stereocenters. The third kappa shape index (κ3) is 8.53. The SMILES string of the molecule is CC(=O)O[C@H]1[C@@H](OC(C)=O)CC(COCc2ccccc2)=C(OCc2ccccc2)[C@@H]1OCc1ccccc1. The Morgan fingerprint density at radius 1 is 0.667 bits per heavy atom. The van der Waals surface area contributed by atoms with E-state index in [1.165, 1.54) is 13.8 Å². The molecule has 7 nitrogen and oxygen atoms in total. The molecule has 0 saturated carbocycles. The topological polar surface area (TPSA) is 80.3 Å². The number of hydrogen-bond donors (Lipinski definition) is 0. The van der Waals surface area contributed by atoms with E-state index in [0.717, 1.165) is 22.3 Å². The average molecular weight is 531 g/mol. The van der Waals surface area contributed by atoms with Crippen LogP contribution in [0.5, 0.6) is 0 Å². The van der Waals surface area contributed by atoms with Crippen molar-refractivity contribution in [3.8, 4) is 0 Å². The van der Waals surface area contributed by atoms with Crippen LogP contribution in [0.1, 0.15) is 37.0 Å². The molecule has 3 aromatic carbocycles. The summed E-state index contributed by atoms with van der Waals surface area (Å²) < 4.78 is 30.2. The van der Waals surface area contributed by atoms with Gasteiger partial charge < -0.3 is 23.7 Å². The standard InChI is InChI=1S/C32H34O7/c1-23(33)38-29-18-28(22-35-19-25-12-6-3-7-13-25)30(36-20-26-14-8-4-9-15-26)32(31(29)39-24(2)34)37-21-27-16-10-5-11-17-27/h3-17,29,31-32H,18-22H2,1-2H3/t29-,31-,32-/m0/s1. The molecule has 0 spiro atoms. The van der Waals surface area contributed by atoms with Gasteiger partial charge in [-0.15, -0.1) is 0 Å². The second-order valence-electron chi connectivity index (χ2n) is 9.36. The fourth-order valence-corrected chi connectivity index (χ4v) is 4.50. The van der Waals surface area contributed by atoms with Crippen LogP contribution in [-0.2, 0) is 53.1 Å². The van der Waals surface area contributed by atoms with E-state index < -0.39 is 30.3 Å². The van der Waals surface area contributed by atoms with Gasteiger partial charge in [0.2, 0.25) is 0 Å². The summed E-state index contributed by atoms with van der Waals surface area (Å²) >= 11 is 0. The maximum atomic E-state index is 12.2. The molecule has 0 bridgehead atoms. The van der Waals surface area contributed by atoms with E-state index in [9.17, 15) is 9.59 Å². The van der Waals surface area contributed by atoms with Crippen LogP contribution in [0.25, 0.3) is 0 Å². The number of ether oxygens (including phenoxy) is 5. The van der Waals surface area contributed by atoms with E-state index in [1.54, 1.807) is 0 Å². The van der Waals surface area contributed by atoms with Gasteiger partial charge in [-0.25, -0.2) is 0 Å². The van der Waals surface area contributed by atoms with Gasteiger partial charge in [0, 0.05) is 20.3 Å². The molecule has 0 aliphatic heterocycles. The van der Waals surface area contributed by atoms with Crippen LogP contribution >= 0.6 is 0 Å². The zero-order valence-corrected chi connectivity index (χ0v) is 22.3. The first kappa shape index (κ1) is 28.1. The van der Waals surface area contributed by atoms with Crippen molar-refractivity contribution in [1.29, 1.82) is 0 Å². The highest BCUT2D eigenvalue weighted by Gasteiger charge is 2.44. The summed E-state index contributed by atoms with van der Waals surface area (Å²) in [5, 5.41) is 0. The van der Waals surface area contributed by atoms with E-state index in [0.29, 0.717) is 12.4 Å². The van der Waals surface area contributed by atoms with Gasteiger partial charge in [0.1, 0.15) is 18.5 Å². The van der Waals surface area contributed by atoms with Gasteiger partial charge >= 0.3 is 11.9 Å². The Balaban J connectivity index is 1.66. The molecule has 1 aliphatic carbocycles. The van der Waals surface area contributed by atoms with E-state index in [1.807, 2.05) is 91.0 Å². The first-order chi connectivity index (χ1) is 19.0. The quantitative estimate of drug-likeness (QED) is 0.285. The summed E-state index contributed by atoms with van der Waals surface area (Å²) in [7, 11) is 0. The molecule has 0 fully saturated rings. The van der Waals surface area contributed by atoms with Gasteiger partial charge in [-0.05, 0) is 22.3 Å². The minimum absolute atomic E-state index is 0.231. The number of hydrogen-bond acceptors (Lipinski definition) is 7. The molecular weight excluding hydrogens is 496 g/mol. The molecule has 0 aromatic heterocycles. The monoisotopic (exact) mass is 530 g/mol. The van der Waals surface area contributed by atoms with Crippen molar-refractivity contribution in [3.63, 3.8) is 0 Å². The van der Waals surface area contributed by atoms with Crippen LogP contribution in [-0.4, -0.2) is 36.9 Å². The van der Waals surface area contributed by atoms with Crippen molar-refractivity contribution >= 4 is 11.9 Å². The fraction of sp³-hybridized carbons (Fsp3) is 0.312. The first-order valence-electron chi connectivity index (χ1n) is 13.0. The maximum absolute atomic E-state index is 12.2. The molecule has 0 N–H and O–H groups in total. The lowest BCUT2D eigenvalue weighted by molar-refractivity contribution is -0.183. The van der Waals surface area contributed by atoms with E-state index in [-0.39, 0.29) is 26.2 Å². The van der Waals surface area contributed by atoms with Crippen molar-refractivity contribution in [2.75, 3.05) is 6.61 Å². The van der Waals surface area contributed by atoms with Gasteiger partial charge in [0.05, 0.1) is 19.8 Å². The van der Waals surface area contributed by atoms with E-state index in [2.05, 4.69) is 0 Å². The normalized spacial score (nSPS) is 18.9. The lowest BCUT2D eigenvalue weighted by atomic mass is 9.89. The van der Waals surface area contributed by atoms with Crippen LogP contribution < -0.4 is 0 Å². The van der Waals surface area contributed by atoms with Gasteiger partial charge in [0.25, 0.3) is 0 Å². The molecule has 7 heteroatoms. The van der Waals surface area contributed by atoms with Gasteiger partial charge in [-0.2, -0.15) is 0 Å². The van der Waals surface area contributed by atoms with Crippen LogP contribution in [0.4, 0.5) is 0 Å². The lowest BCUT2D eigenvalue weighted by Gasteiger charge is -2.39. The molecule has 0 heterocycles. The summed E-state index contributed by atoms with van der Waals surface area (Å²) in [6.07, 6.45) is -2.18. The molecule has 0 unspecified atom stereocenters.